The highest BCUT2D eigenvalue weighted by molar-refractivity contribution is 5.98. The lowest BCUT2D eigenvalue weighted by molar-refractivity contribution is 0.175. The van der Waals surface area contributed by atoms with Crippen LogP contribution in [0.5, 0.6) is 5.75 Å². The molecule has 0 radical (unpaired) electrons. The van der Waals surface area contributed by atoms with Crippen molar-refractivity contribution in [1.29, 1.82) is 0 Å². The smallest absolute Gasteiger partial charge is 0.165 e. The highest BCUT2D eigenvalue weighted by atomic mass is 19.1. The van der Waals surface area contributed by atoms with Crippen LogP contribution in [-0.4, -0.2) is 30.0 Å². The lowest BCUT2D eigenvalue weighted by atomic mass is 9.94. The van der Waals surface area contributed by atoms with Crippen LogP contribution in [0.4, 0.5) is 20.3 Å². The Morgan fingerprint density at radius 2 is 1.82 bits per heavy atom. The number of nitrogens with zero attached hydrogens (tertiary/aromatic N) is 5. The first kappa shape index (κ1) is 23.6. The molecule has 190 valence electrons. The zero-order chi connectivity index (χ0) is 26.6. The number of hydrogen-bond acceptors (Lipinski definition) is 7. The van der Waals surface area contributed by atoms with Gasteiger partial charge < -0.3 is 20.8 Å². The average molecular weight is 513 g/mol. The van der Waals surface area contributed by atoms with Crippen LogP contribution < -0.4 is 10.6 Å². The third-order valence-electron chi connectivity index (χ3n) is 6.70. The Morgan fingerprint density at radius 1 is 1.00 bits per heavy atom. The van der Waals surface area contributed by atoms with Crippen molar-refractivity contribution in [3.63, 3.8) is 0 Å². The molecule has 6 rings (SSSR count). The molecule has 8 nitrogen and oxygen atoms in total. The van der Waals surface area contributed by atoms with Gasteiger partial charge in [0.25, 0.3) is 0 Å². The molecule has 1 aliphatic heterocycles. The summed E-state index contributed by atoms with van der Waals surface area (Å²) in [5.74, 6) is -1.64. The van der Waals surface area contributed by atoms with Gasteiger partial charge in [-0.1, -0.05) is 30.3 Å². The lowest BCUT2D eigenvalue weighted by Crippen LogP contribution is -2.34. The molecule has 1 atom stereocenters. The van der Waals surface area contributed by atoms with E-state index in [1.165, 1.54) is 29.4 Å². The van der Waals surface area contributed by atoms with Crippen LogP contribution in [0, 0.1) is 18.6 Å². The van der Waals surface area contributed by atoms with E-state index in [9.17, 15) is 14.6 Å². The van der Waals surface area contributed by atoms with Gasteiger partial charge in [-0.05, 0) is 54.5 Å². The van der Waals surface area contributed by atoms with Gasteiger partial charge in [0.1, 0.15) is 23.7 Å². The molecule has 0 spiro atoms. The summed E-state index contributed by atoms with van der Waals surface area (Å²) in [6.07, 6.45) is 2.02. The Bertz CT molecular complexity index is 1750. The minimum Gasteiger partial charge on any atom is -0.505 e. The van der Waals surface area contributed by atoms with Gasteiger partial charge in [-0.15, -0.1) is 0 Å². The van der Waals surface area contributed by atoms with Crippen molar-refractivity contribution in [2.45, 2.75) is 19.7 Å². The Balaban J connectivity index is 1.54. The molecule has 1 unspecified atom stereocenters. The molecule has 4 N–H and O–H groups in total. The first-order valence-corrected chi connectivity index (χ1v) is 11.8. The second-order valence-electron chi connectivity index (χ2n) is 9.04. The van der Waals surface area contributed by atoms with Crippen molar-refractivity contribution in [2.24, 2.45) is 0 Å². The number of allylic oxidation sites excluding steroid dienone is 1. The molecule has 10 heteroatoms. The first-order valence-electron chi connectivity index (χ1n) is 11.8. The maximum absolute atomic E-state index is 15.0. The summed E-state index contributed by atoms with van der Waals surface area (Å²) >= 11 is 0. The summed E-state index contributed by atoms with van der Waals surface area (Å²) in [4.78, 5) is 9.98. The van der Waals surface area contributed by atoms with Gasteiger partial charge in [0.15, 0.2) is 23.4 Å². The largest absolute Gasteiger partial charge is 0.505 e. The maximum atomic E-state index is 15.0. The van der Waals surface area contributed by atoms with Crippen LogP contribution in [0.1, 0.15) is 22.9 Å². The third kappa shape index (κ3) is 3.73. The highest BCUT2D eigenvalue weighted by Gasteiger charge is 2.32. The van der Waals surface area contributed by atoms with Gasteiger partial charge in [0, 0.05) is 16.8 Å². The van der Waals surface area contributed by atoms with Gasteiger partial charge in [-0.2, -0.15) is 5.10 Å². The Labute approximate surface area is 215 Å². The molecule has 0 saturated carbocycles. The number of aliphatic hydroxyl groups excluding tert-OH is 1. The second kappa shape index (κ2) is 8.93. The van der Waals surface area contributed by atoms with Crippen molar-refractivity contribution >= 4 is 28.6 Å². The van der Waals surface area contributed by atoms with E-state index in [2.05, 4.69) is 15.1 Å². The fraction of sp³-hybridized carbons (Fsp3) is 0.107. The van der Waals surface area contributed by atoms with Gasteiger partial charge >= 0.3 is 0 Å². The number of phenols is 1. The van der Waals surface area contributed by atoms with Crippen molar-refractivity contribution in [2.75, 3.05) is 10.6 Å². The first-order chi connectivity index (χ1) is 18.3. The zero-order valence-electron chi connectivity index (χ0n) is 20.2. The quantitative estimate of drug-likeness (QED) is 0.313. The second-order valence-corrected chi connectivity index (χ2v) is 9.04. The van der Waals surface area contributed by atoms with E-state index in [4.69, 9.17) is 5.73 Å². The van der Waals surface area contributed by atoms with Crippen molar-refractivity contribution in [3.05, 3.63) is 101 Å². The van der Waals surface area contributed by atoms with Crippen molar-refractivity contribution < 1.29 is 19.0 Å². The van der Waals surface area contributed by atoms with E-state index in [0.717, 1.165) is 17.2 Å². The number of benzene rings is 3. The van der Waals surface area contributed by atoms with Crippen molar-refractivity contribution in [1.82, 2.24) is 19.7 Å². The van der Waals surface area contributed by atoms with Gasteiger partial charge in [-0.25, -0.2) is 23.4 Å². The fourth-order valence-electron chi connectivity index (χ4n) is 4.92. The number of aromatic hydroxyl groups is 1. The van der Waals surface area contributed by atoms with E-state index in [0.29, 0.717) is 33.6 Å². The molecule has 1 aliphatic rings. The number of aliphatic hydroxyl groups is 1. The Hall–Kier alpha value is -4.83. The summed E-state index contributed by atoms with van der Waals surface area (Å²) < 4.78 is 30.8. The monoisotopic (exact) mass is 512 g/mol. The summed E-state index contributed by atoms with van der Waals surface area (Å²) in [6, 6.07) is 15.8. The number of fused-ring (bicyclic) bond motifs is 2. The summed E-state index contributed by atoms with van der Waals surface area (Å²) in [5, 5.41) is 26.2. The average Bonchev–Trinajstić information content (AvgIpc) is 3.26. The lowest BCUT2D eigenvalue weighted by Gasteiger charge is -2.37. The summed E-state index contributed by atoms with van der Waals surface area (Å²) in [5.41, 5.74) is 10.3. The number of nitrogen functional groups attached to an aromatic ring is 1. The number of rotatable bonds is 4. The molecule has 3 heterocycles. The van der Waals surface area contributed by atoms with Crippen LogP contribution in [0.15, 0.2) is 72.7 Å². The number of aromatic nitrogens is 4. The molecule has 0 bridgehead atoms. The minimum absolute atomic E-state index is 0.0757. The number of nitrogens with two attached hydrogens (primary N) is 1. The molecular formula is C28H22F2N6O2. The van der Waals surface area contributed by atoms with Crippen LogP contribution in [0.2, 0.25) is 0 Å². The summed E-state index contributed by atoms with van der Waals surface area (Å²) in [7, 11) is 0. The number of phenolic OH excluding ortho intramolecular Hbond substituents is 1. The predicted molar refractivity (Wildman–Crippen MR) is 140 cm³/mol. The third-order valence-corrected chi connectivity index (χ3v) is 6.70. The number of anilines is 2. The number of aryl methyl sites for hydroxylation is 1. The van der Waals surface area contributed by atoms with Crippen LogP contribution >= 0.6 is 0 Å². The molecule has 5 aromatic rings. The van der Waals surface area contributed by atoms with E-state index in [1.807, 2.05) is 31.2 Å². The molecule has 0 fully saturated rings. The van der Waals surface area contributed by atoms with E-state index < -0.39 is 23.6 Å². The zero-order valence-corrected chi connectivity index (χ0v) is 20.2. The molecule has 0 amide bonds. The van der Waals surface area contributed by atoms with Gasteiger partial charge in [-0.3, -0.25) is 0 Å². The number of halogens is 2. The highest BCUT2D eigenvalue weighted by Crippen LogP contribution is 2.40. The van der Waals surface area contributed by atoms with Gasteiger partial charge in [0.05, 0.1) is 17.6 Å². The van der Waals surface area contributed by atoms with Crippen molar-refractivity contribution in [3.8, 4) is 17.0 Å². The molecule has 3 aromatic carbocycles. The molecule has 2 aromatic heterocycles. The van der Waals surface area contributed by atoms with E-state index in [-0.39, 0.29) is 18.1 Å². The molecule has 0 saturated heterocycles. The fourth-order valence-corrected chi connectivity index (χ4v) is 4.92. The number of para-hydroxylation sites is 1. The normalized spacial score (nSPS) is 15.0. The van der Waals surface area contributed by atoms with E-state index in [1.54, 1.807) is 22.9 Å². The van der Waals surface area contributed by atoms with Crippen LogP contribution in [0.25, 0.3) is 28.4 Å². The maximum Gasteiger partial charge on any atom is 0.165 e. The standard InChI is InChI=1S/C28H22F2N6O2/c1-15-5-4-6-16-11-18(36(28(38)23(15)16)21-8-3-2-7-19(21)29)13-35-27-24(26(31)32-14-33-27)25(34-35)17-9-10-22(37)20(30)12-17/h2-12,14,28,37-38H,13H2,1H3,(H2,31,32,33). The number of hydrogen-bond donors (Lipinski definition) is 3. The Kier molecular flexibility index (Phi) is 5.54. The van der Waals surface area contributed by atoms with Crippen LogP contribution in [0.3, 0.4) is 0 Å². The topological polar surface area (TPSA) is 113 Å². The molecule has 0 aliphatic carbocycles. The predicted octanol–water partition coefficient (Wildman–Crippen LogP) is 4.92. The van der Waals surface area contributed by atoms with Crippen LogP contribution in [-0.2, 0) is 6.54 Å². The Morgan fingerprint density at radius 3 is 2.61 bits per heavy atom. The SMILES string of the molecule is Cc1cccc2c1C(O)N(c1ccccc1F)C(Cn1nc(-c3ccc(O)c(F)c3)c3c(N)ncnc31)=C2. The van der Waals surface area contributed by atoms with E-state index >= 15 is 4.39 Å². The van der Waals surface area contributed by atoms with Gasteiger partial charge in [0.2, 0.25) is 0 Å². The molecular weight excluding hydrogens is 490 g/mol. The minimum atomic E-state index is -1.16. The molecule has 38 heavy (non-hydrogen) atoms. The summed E-state index contributed by atoms with van der Waals surface area (Å²) in [6.45, 7) is 1.97.